The molecule has 0 saturated heterocycles. The molecule has 0 spiro atoms. The molecule has 1 N–H and O–H groups in total. The van der Waals surface area contributed by atoms with Crippen LogP contribution < -0.4 is 10.2 Å². The standard InChI is InChI=1S/C12H21N5O2/c1-5-9(6-2)16(4)12-10(17(18)19)11(13-7-3)14-8-15-12/h8-9H,5-7H2,1-4H3,(H,13,14,15). The number of anilines is 2. The molecule has 7 heteroatoms. The lowest BCUT2D eigenvalue weighted by molar-refractivity contribution is -0.383. The third-order valence-electron chi connectivity index (χ3n) is 3.15. The van der Waals surface area contributed by atoms with Crippen LogP contribution in [0.15, 0.2) is 6.33 Å². The molecule has 1 aromatic heterocycles. The quantitative estimate of drug-likeness (QED) is 0.603. The SMILES string of the molecule is CCNc1ncnc(N(C)C(CC)CC)c1[N+](=O)[O-]. The summed E-state index contributed by atoms with van der Waals surface area (Å²) >= 11 is 0. The van der Waals surface area contributed by atoms with Gasteiger partial charge in [0.05, 0.1) is 4.92 Å². The first-order valence-electron chi connectivity index (χ1n) is 6.52. The molecular weight excluding hydrogens is 246 g/mol. The summed E-state index contributed by atoms with van der Waals surface area (Å²) in [4.78, 5) is 20.8. The highest BCUT2D eigenvalue weighted by Gasteiger charge is 2.27. The number of rotatable bonds is 7. The van der Waals surface area contributed by atoms with Crippen molar-refractivity contribution >= 4 is 17.3 Å². The molecule has 7 nitrogen and oxygen atoms in total. The van der Waals surface area contributed by atoms with Gasteiger partial charge in [-0.2, -0.15) is 0 Å². The molecule has 0 aliphatic carbocycles. The normalized spacial score (nSPS) is 10.6. The Balaban J connectivity index is 3.26. The third-order valence-corrected chi connectivity index (χ3v) is 3.15. The summed E-state index contributed by atoms with van der Waals surface area (Å²) < 4.78 is 0. The fraction of sp³-hybridized carbons (Fsp3) is 0.667. The fourth-order valence-electron chi connectivity index (χ4n) is 2.10. The van der Waals surface area contributed by atoms with Crippen LogP contribution in [0.4, 0.5) is 17.3 Å². The lowest BCUT2D eigenvalue weighted by atomic mass is 10.1. The van der Waals surface area contributed by atoms with Gasteiger partial charge in [-0.25, -0.2) is 9.97 Å². The molecule has 0 aliphatic heterocycles. The maximum atomic E-state index is 11.3. The maximum absolute atomic E-state index is 11.3. The van der Waals surface area contributed by atoms with Gasteiger partial charge in [-0.3, -0.25) is 10.1 Å². The Morgan fingerprint density at radius 3 is 2.47 bits per heavy atom. The van der Waals surface area contributed by atoms with E-state index >= 15 is 0 Å². The van der Waals surface area contributed by atoms with Crippen LogP contribution in [0, 0.1) is 10.1 Å². The van der Waals surface area contributed by atoms with Gasteiger partial charge in [-0.05, 0) is 19.8 Å². The molecule has 19 heavy (non-hydrogen) atoms. The molecule has 0 aliphatic rings. The number of nitrogens with zero attached hydrogens (tertiary/aromatic N) is 4. The highest BCUT2D eigenvalue weighted by molar-refractivity contribution is 5.70. The Hall–Kier alpha value is -1.92. The van der Waals surface area contributed by atoms with Gasteiger partial charge in [0.15, 0.2) is 0 Å². The van der Waals surface area contributed by atoms with Gasteiger partial charge in [0.2, 0.25) is 11.6 Å². The highest BCUT2D eigenvalue weighted by Crippen LogP contribution is 2.32. The van der Waals surface area contributed by atoms with Gasteiger partial charge in [0.25, 0.3) is 0 Å². The van der Waals surface area contributed by atoms with Crippen molar-refractivity contribution in [2.24, 2.45) is 0 Å². The molecular formula is C12H21N5O2. The number of hydrogen-bond donors (Lipinski definition) is 1. The van der Waals surface area contributed by atoms with Crippen LogP contribution in [0.25, 0.3) is 0 Å². The Bertz CT molecular complexity index is 434. The summed E-state index contributed by atoms with van der Waals surface area (Å²) in [6, 6.07) is 0.225. The van der Waals surface area contributed by atoms with Crippen LogP contribution >= 0.6 is 0 Å². The lowest BCUT2D eigenvalue weighted by Crippen LogP contribution is -2.32. The van der Waals surface area contributed by atoms with Crippen LogP contribution in [0.5, 0.6) is 0 Å². The van der Waals surface area contributed by atoms with Crippen molar-refractivity contribution in [3.05, 3.63) is 16.4 Å². The number of nitro groups is 1. The lowest BCUT2D eigenvalue weighted by Gasteiger charge is -2.27. The Labute approximate surface area is 113 Å². The van der Waals surface area contributed by atoms with E-state index in [1.54, 1.807) is 0 Å². The predicted octanol–water partition coefficient (Wildman–Crippen LogP) is 2.44. The maximum Gasteiger partial charge on any atom is 0.353 e. The van der Waals surface area contributed by atoms with E-state index in [1.165, 1.54) is 6.33 Å². The fourth-order valence-corrected chi connectivity index (χ4v) is 2.10. The highest BCUT2D eigenvalue weighted by atomic mass is 16.6. The van der Waals surface area contributed by atoms with E-state index < -0.39 is 4.92 Å². The summed E-state index contributed by atoms with van der Waals surface area (Å²) in [6.07, 6.45) is 3.18. The van der Waals surface area contributed by atoms with Crippen molar-refractivity contribution in [3.63, 3.8) is 0 Å². The van der Waals surface area contributed by atoms with E-state index in [4.69, 9.17) is 0 Å². The van der Waals surface area contributed by atoms with E-state index in [0.29, 0.717) is 12.4 Å². The van der Waals surface area contributed by atoms with Crippen molar-refractivity contribution in [1.82, 2.24) is 9.97 Å². The molecule has 106 valence electrons. The zero-order chi connectivity index (χ0) is 14.4. The van der Waals surface area contributed by atoms with Crippen LogP contribution in [0.3, 0.4) is 0 Å². The molecule has 0 amide bonds. The van der Waals surface area contributed by atoms with Crippen molar-refractivity contribution in [2.75, 3.05) is 23.8 Å². The van der Waals surface area contributed by atoms with E-state index in [0.717, 1.165) is 12.8 Å². The minimum absolute atomic E-state index is 0.0567. The summed E-state index contributed by atoms with van der Waals surface area (Å²) in [7, 11) is 1.84. The average molecular weight is 267 g/mol. The van der Waals surface area contributed by atoms with Gasteiger partial charge < -0.3 is 10.2 Å². The molecule has 0 atom stereocenters. The topological polar surface area (TPSA) is 84.2 Å². The molecule has 0 bridgehead atoms. The zero-order valence-electron chi connectivity index (χ0n) is 11.9. The Morgan fingerprint density at radius 2 is 2.00 bits per heavy atom. The number of aromatic nitrogens is 2. The largest absolute Gasteiger partial charge is 0.364 e. The Kier molecular flexibility index (Phi) is 5.47. The summed E-state index contributed by atoms with van der Waals surface area (Å²) in [5, 5.41) is 14.2. The van der Waals surface area contributed by atoms with Crippen LogP contribution in [-0.2, 0) is 0 Å². The first-order valence-corrected chi connectivity index (χ1v) is 6.52. The molecule has 0 fully saturated rings. The monoisotopic (exact) mass is 267 g/mol. The van der Waals surface area contributed by atoms with E-state index in [9.17, 15) is 10.1 Å². The van der Waals surface area contributed by atoms with Gasteiger partial charge in [0, 0.05) is 19.6 Å². The van der Waals surface area contributed by atoms with Crippen LogP contribution in [-0.4, -0.2) is 34.5 Å². The van der Waals surface area contributed by atoms with Gasteiger partial charge >= 0.3 is 5.69 Å². The number of hydrogen-bond acceptors (Lipinski definition) is 6. The summed E-state index contributed by atoms with van der Waals surface area (Å²) in [5.74, 6) is 0.639. The zero-order valence-corrected chi connectivity index (χ0v) is 11.9. The van der Waals surface area contributed by atoms with E-state index in [2.05, 4.69) is 29.1 Å². The second-order valence-corrected chi connectivity index (χ2v) is 4.26. The molecule has 0 saturated carbocycles. The van der Waals surface area contributed by atoms with Crippen molar-refractivity contribution < 1.29 is 4.92 Å². The first kappa shape index (κ1) is 15.1. The third kappa shape index (κ3) is 3.30. The van der Waals surface area contributed by atoms with Gasteiger partial charge in [0.1, 0.15) is 6.33 Å². The molecule has 1 heterocycles. The minimum atomic E-state index is -0.424. The molecule has 0 unspecified atom stereocenters. The molecule has 0 aromatic carbocycles. The summed E-state index contributed by atoms with van der Waals surface area (Å²) in [6.45, 7) is 6.56. The summed E-state index contributed by atoms with van der Waals surface area (Å²) in [5.41, 5.74) is -0.0567. The van der Waals surface area contributed by atoms with Crippen molar-refractivity contribution in [2.45, 2.75) is 39.7 Å². The van der Waals surface area contributed by atoms with Crippen molar-refractivity contribution in [3.8, 4) is 0 Å². The molecule has 1 rings (SSSR count). The smallest absolute Gasteiger partial charge is 0.353 e. The minimum Gasteiger partial charge on any atom is -0.364 e. The second-order valence-electron chi connectivity index (χ2n) is 4.26. The average Bonchev–Trinajstić information content (AvgIpc) is 2.39. The Morgan fingerprint density at radius 1 is 1.37 bits per heavy atom. The van der Waals surface area contributed by atoms with Gasteiger partial charge in [-0.15, -0.1) is 0 Å². The predicted molar refractivity (Wildman–Crippen MR) is 75.6 cm³/mol. The van der Waals surface area contributed by atoms with E-state index in [1.807, 2.05) is 18.9 Å². The van der Waals surface area contributed by atoms with Crippen molar-refractivity contribution in [1.29, 1.82) is 0 Å². The first-order chi connectivity index (χ1) is 9.06. The number of nitrogens with one attached hydrogen (secondary N) is 1. The van der Waals surface area contributed by atoms with Gasteiger partial charge in [-0.1, -0.05) is 13.8 Å². The van der Waals surface area contributed by atoms with Crippen LogP contribution in [0.1, 0.15) is 33.6 Å². The second kappa shape index (κ2) is 6.86. The molecule has 1 aromatic rings. The van der Waals surface area contributed by atoms with Crippen LogP contribution in [0.2, 0.25) is 0 Å². The van der Waals surface area contributed by atoms with E-state index in [-0.39, 0.29) is 17.5 Å². The molecule has 0 radical (unpaired) electrons.